The van der Waals surface area contributed by atoms with E-state index in [1.54, 1.807) is 0 Å². The Bertz CT molecular complexity index is 560. The van der Waals surface area contributed by atoms with Crippen LogP contribution in [-0.2, 0) is 0 Å². The third-order valence-electron chi connectivity index (χ3n) is 3.22. The molecule has 4 heteroatoms. The number of para-hydroxylation sites is 1. The molecule has 0 aliphatic carbocycles. The van der Waals surface area contributed by atoms with E-state index in [2.05, 4.69) is 54.5 Å². The zero-order chi connectivity index (χ0) is 14.7. The maximum Gasteiger partial charge on any atom is 0.317 e. The number of hydrogen-bond donors (Lipinski definition) is 1. The standard InChI is InChI=1S/C16H21N3S/c1-12(2)18-10-11-19(13(3)4)16(18)15(20)17-14-8-6-5-7-9-14/h5-13H,1-4H3/p+1. The Kier molecular flexibility index (Phi) is 4.55. The van der Waals surface area contributed by atoms with Gasteiger partial charge in [0.2, 0.25) is 0 Å². The minimum Gasteiger partial charge on any atom is -0.340 e. The maximum atomic E-state index is 5.62. The van der Waals surface area contributed by atoms with Crippen molar-refractivity contribution in [3.63, 3.8) is 0 Å². The van der Waals surface area contributed by atoms with E-state index >= 15 is 0 Å². The molecule has 0 aliphatic rings. The number of thiocarbonyl (C=S) groups is 1. The highest BCUT2D eigenvalue weighted by atomic mass is 32.1. The molecular weight excluding hydrogens is 266 g/mol. The number of nitrogens with zero attached hydrogens (tertiary/aromatic N) is 2. The van der Waals surface area contributed by atoms with Gasteiger partial charge in [0.1, 0.15) is 12.4 Å². The third-order valence-corrected chi connectivity index (χ3v) is 3.51. The minimum absolute atomic E-state index is 0.375. The molecule has 0 unspecified atom stereocenters. The second kappa shape index (κ2) is 6.18. The number of hydrogen-bond acceptors (Lipinski definition) is 1. The molecule has 1 aromatic carbocycles. The monoisotopic (exact) mass is 288 g/mol. The summed E-state index contributed by atoms with van der Waals surface area (Å²) in [5.74, 6) is 1.05. The van der Waals surface area contributed by atoms with Gasteiger partial charge in [0, 0.05) is 5.69 Å². The highest BCUT2D eigenvalue weighted by Crippen LogP contribution is 2.13. The first kappa shape index (κ1) is 14.7. The zero-order valence-electron chi connectivity index (χ0n) is 12.5. The lowest BCUT2D eigenvalue weighted by molar-refractivity contribution is -0.716. The lowest BCUT2D eigenvalue weighted by atomic mass is 10.3. The van der Waals surface area contributed by atoms with Gasteiger partial charge in [-0.25, -0.2) is 9.13 Å². The molecule has 1 N–H and O–H groups in total. The van der Waals surface area contributed by atoms with Crippen LogP contribution in [0.4, 0.5) is 5.69 Å². The molecule has 0 radical (unpaired) electrons. The number of benzene rings is 1. The predicted molar refractivity (Wildman–Crippen MR) is 87.2 cm³/mol. The van der Waals surface area contributed by atoms with E-state index in [9.17, 15) is 0 Å². The molecule has 0 saturated heterocycles. The summed E-state index contributed by atoms with van der Waals surface area (Å²) in [5.41, 5.74) is 1.02. The van der Waals surface area contributed by atoms with Crippen LogP contribution < -0.4 is 9.88 Å². The molecule has 0 bridgehead atoms. The quantitative estimate of drug-likeness (QED) is 0.683. The summed E-state index contributed by atoms with van der Waals surface area (Å²) >= 11 is 5.62. The summed E-state index contributed by atoms with van der Waals surface area (Å²) in [6.07, 6.45) is 4.19. The molecule has 3 nitrogen and oxygen atoms in total. The highest BCUT2D eigenvalue weighted by Gasteiger charge is 2.25. The van der Waals surface area contributed by atoms with Crippen molar-refractivity contribution in [2.45, 2.75) is 39.8 Å². The van der Waals surface area contributed by atoms with Crippen LogP contribution >= 0.6 is 12.2 Å². The Hall–Kier alpha value is -1.68. The lowest BCUT2D eigenvalue weighted by Crippen LogP contribution is -2.43. The van der Waals surface area contributed by atoms with Crippen molar-refractivity contribution < 1.29 is 4.57 Å². The van der Waals surface area contributed by atoms with E-state index in [0.717, 1.165) is 16.5 Å². The molecule has 2 rings (SSSR count). The maximum absolute atomic E-state index is 5.62. The highest BCUT2D eigenvalue weighted by molar-refractivity contribution is 7.81. The molecule has 1 aromatic heterocycles. The van der Waals surface area contributed by atoms with Crippen molar-refractivity contribution in [2.24, 2.45) is 0 Å². The molecule has 0 saturated carbocycles. The summed E-state index contributed by atoms with van der Waals surface area (Å²) in [5, 5.41) is 3.32. The Morgan fingerprint density at radius 2 is 1.80 bits per heavy atom. The summed E-state index contributed by atoms with van der Waals surface area (Å²) in [6, 6.07) is 10.8. The zero-order valence-corrected chi connectivity index (χ0v) is 13.3. The molecule has 0 fully saturated rings. The second-order valence-corrected chi connectivity index (χ2v) is 5.85. The summed E-state index contributed by atoms with van der Waals surface area (Å²) in [4.78, 5) is 0.753. The fraction of sp³-hybridized carbons (Fsp3) is 0.375. The summed E-state index contributed by atoms with van der Waals surface area (Å²) in [6.45, 7) is 8.66. The fourth-order valence-electron chi connectivity index (χ4n) is 2.19. The Morgan fingerprint density at radius 3 is 2.35 bits per heavy atom. The average Bonchev–Trinajstić information content (AvgIpc) is 2.84. The number of imidazole rings is 1. The van der Waals surface area contributed by atoms with Gasteiger partial charge in [0.05, 0.1) is 12.1 Å². The number of anilines is 1. The van der Waals surface area contributed by atoms with Crippen LogP contribution in [0, 0.1) is 0 Å². The van der Waals surface area contributed by atoms with Crippen LogP contribution in [0.3, 0.4) is 0 Å². The summed E-state index contributed by atoms with van der Waals surface area (Å²) in [7, 11) is 0. The fourth-order valence-corrected chi connectivity index (χ4v) is 2.52. The number of rotatable bonds is 4. The average molecular weight is 288 g/mol. The number of nitrogens with one attached hydrogen (secondary N) is 1. The van der Waals surface area contributed by atoms with E-state index in [0.29, 0.717) is 12.1 Å². The molecule has 20 heavy (non-hydrogen) atoms. The molecule has 2 aromatic rings. The van der Waals surface area contributed by atoms with Gasteiger partial charge in [-0.1, -0.05) is 30.4 Å². The molecular formula is C16H22N3S+. The van der Waals surface area contributed by atoms with Crippen molar-refractivity contribution in [1.29, 1.82) is 0 Å². The van der Waals surface area contributed by atoms with Gasteiger partial charge in [0.15, 0.2) is 4.99 Å². The Balaban J connectivity index is 2.35. The lowest BCUT2D eigenvalue weighted by Gasteiger charge is -2.12. The van der Waals surface area contributed by atoms with Crippen LogP contribution in [-0.4, -0.2) is 9.56 Å². The van der Waals surface area contributed by atoms with Crippen molar-refractivity contribution in [2.75, 3.05) is 5.32 Å². The van der Waals surface area contributed by atoms with E-state index in [1.807, 2.05) is 30.3 Å². The molecule has 106 valence electrons. The Labute approximate surface area is 126 Å². The van der Waals surface area contributed by atoms with Crippen molar-refractivity contribution in [1.82, 2.24) is 4.57 Å². The Morgan fingerprint density at radius 1 is 1.15 bits per heavy atom. The van der Waals surface area contributed by atoms with Gasteiger partial charge in [0.25, 0.3) is 0 Å². The first-order chi connectivity index (χ1) is 9.50. The van der Waals surface area contributed by atoms with Crippen LogP contribution in [0.2, 0.25) is 0 Å². The van der Waals surface area contributed by atoms with Crippen LogP contribution in [0.5, 0.6) is 0 Å². The third kappa shape index (κ3) is 3.07. The minimum atomic E-state index is 0.375. The van der Waals surface area contributed by atoms with Crippen LogP contribution in [0.25, 0.3) is 0 Å². The molecule has 0 atom stereocenters. The van der Waals surface area contributed by atoms with Crippen molar-refractivity contribution in [3.8, 4) is 0 Å². The van der Waals surface area contributed by atoms with E-state index < -0.39 is 0 Å². The predicted octanol–water partition coefficient (Wildman–Crippen LogP) is 3.73. The van der Waals surface area contributed by atoms with Crippen molar-refractivity contribution in [3.05, 3.63) is 48.5 Å². The first-order valence-corrected chi connectivity index (χ1v) is 7.40. The van der Waals surface area contributed by atoms with Gasteiger partial charge in [-0.05, 0) is 39.8 Å². The first-order valence-electron chi connectivity index (χ1n) is 6.99. The molecule has 0 aliphatic heterocycles. The topological polar surface area (TPSA) is 20.8 Å². The van der Waals surface area contributed by atoms with E-state index in [4.69, 9.17) is 12.2 Å². The van der Waals surface area contributed by atoms with E-state index in [-0.39, 0.29) is 0 Å². The summed E-state index contributed by atoms with van der Waals surface area (Å²) < 4.78 is 4.41. The van der Waals surface area contributed by atoms with Gasteiger partial charge in [-0.2, -0.15) is 0 Å². The smallest absolute Gasteiger partial charge is 0.317 e. The van der Waals surface area contributed by atoms with Gasteiger partial charge in [-0.15, -0.1) is 0 Å². The van der Waals surface area contributed by atoms with Crippen molar-refractivity contribution >= 4 is 22.9 Å². The number of aromatic nitrogens is 2. The molecule has 0 amide bonds. The van der Waals surface area contributed by atoms with E-state index in [1.165, 1.54) is 0 Å². The van der Waals surface area contributed by atoms with Crippen LogP contribution in [0.15, 0.2) is 42.7 Å². The molecule has 1 heterocycles. The normalized spacial score (nSPS) is 11.1. The van der Waals surface area contributed by atoms with Gasteiger partial charge >= 0.3 is 5.82 Å². The largest absolute Gasteiger partial charge is 0.340 e. The van der Waals surface area contributed by atoms with Crippen LogP contribution in [0.1, 0.15) is 45.6 Å². The molecule has 0 spiro atoms. The van der Waals surface area contributed by atoms with Gasteiger partial charge in [-0.3, -0.25) is 0 Å². The second-order valence-electron chi connectivity index (χ2n) is 5.44. The van der Waals surface area contributed by atoms with Gasteiger partial charge < -0.3 is 5.32 Å². The SMILES string of the molecule is CC(C)n1cc[n+](C(C)C)c1C(=S)Nc1ccccc1.